The predicted molar refractivity (Wildman–Crippen MR) is 71.5 cm³/mol. The predicted octanol–water partition coefficient (Wildman–Crippen LogP) is -0.317. The molecule has 7 nitrogen and oxygen atoms in total. The zero-order chi connectivity index (χ0) is 14.2. The first-order chi connectivity index (χ1) is 8.80. The molecule has 0 aliphatic carbocycles. The van der Waals surface area contributed by atoms with Gasteiger partial charge in [-0.05, 0) is 13.3 Å². The SMILES string of the molecule is C[C@H](Sc1nnc([C@@H]2CCS(=O)(=O)C2)n1C)C(N)=O. The molecule has 0 radical (unpaired) electrons. The van der Waals surface area contributed by atoms with Crippen molar-refractivity contribution in [2.24, 2.45) is 12.8 Å². The van der Waals surface area contributed by atoms with E-state index in [1.807, 2.05) is 0 Å². The molecular weight excluding hydrogens is 288 g/mol. The van der Waals surface area contributed by atoms with Gasteiger partial charge in [-0.25, -0.2) is 8.42 Å². The van der Waals surface area contributed by atoms with Gasteiger partial charge < -0.3 is 10.3 Å². The van der Waals surface area contributed by atoms with Crippen LogP contribution in [0.5, 0.6) is 0 Å². The Labute approximate surface area is 115 Å². The molecule has 2 rings (SSSR count). The van der Waals surface area contributed by atoms with E-state index in [-0.39, 0.29) is 17.4 Å². The molecule has 2 N–H and O–H groups in total. The van der Waals surface area contributed by atoms with Gasteiger partial charge in [0.05, 0.1) is 16.8 Å². The van der Waals surface area contributed by atoms with Crippen molar-refractivity contribution in [3.05, 3.63) is 5.82 Å². The molecule has 1 aromatic rings. The molecule has 19 heavy (non-hydrogen) atoms. The van der Waals surface area contributed by atoms with Gasteiger partial charge in [-0.15, -0.1) is 10.2 Å². The average molecular weight is 304 g/mol. The van der Waals surface area contributed by atoms with Crippen molar-refractivity contribution in [2.45, 2.75) is 29.7 Å². The number of primary amides is 1. The minimum atomic E-state index is -2.95. The normalized spacial score (nSPS) is 23.4. The summed E-state index contributed by atoms with van der Waals surface area (Å²) in [5.41, 5.74) is 5.20. The van der Waals surface area contributed by atoms with Gasteiger partial charge in [0.15, 0.2) is 15.0 Å². The van der Waals surface area contributed by atoms with Crippen molar-refractivity contribution < 1.29 is 13.2 Å². The third kappa shape index (κ3) is 3.08. The number of rotatable bonds is 4. The first kappa shape index (κ1) is 14.3. The largest absolute Gasteiger partial charge is 0.369 e. The fourth-order valence-electron chi connectivity index (χ4n) is 2.00. The highest BCUT2D eigenvalue weighted by atomic mass is 32.2. The van der Waals surface area contributed by atoms with E-state index in [0.29, 0.717) is 17.4 Å². The van der Waals surface area contributed by atoms with Crippen LogP contribution in [0.2, 0.25) is 0 Å². The van der Waals surface area contributed by atoms with Crippen LogP contribution in [0.25, 0.3) is 0 Å². The molecule has 1 amide bonds. The third-order valence-electron chi connectivity index (χ3n) is 3.15. The fourth-order valence-corrected chi connectivity index (χ4v) is 4.51. The van der Waals surface area contributed by atoms with Gasteiger partial charge in [0.25, 0.3) is 0 Å². The number of thioether (sulfide) groups is 1. The van der Waals surface area contributed by atoms with Crippen LogP contribution < -0.4 is 5.73 Å². The second kappa shape index (κ2) is 5.12. The lowest BCUT2D eigenvalue weighted by molar-refractivity contribution is -0.117. The summed E-state index contributed by atoms with van der Waals surface area (Å²) < 4.78 is 24.7. The smallest absolute Gasteiger partial charge is 0.230 e. The number of hydrogen-bond acceptors (Lipinski definition) is 6. The Morgan fingerprint density at radius 1 is 1.53 bits per heavy atom. The van der Waals surface area contributed by atoms with Crippen molar-refractivity contribution in [3.8, 4) is 0 Å². The van der Waals surface area contributed by atoms with Crippen LogP contribution in [0.15, 0.2) is 5.16 Å². The third-order valence-corrected chi connectivity index (χ3v) is 6.07. The molecule has 106 valence electrons. The number of nitrogens with zero attached hydrogens (tertiary/aromatic N) is 3. The van der Waals surface area contributed by atoms with Gasteiger partial charge in [0, 0.05) is 13.0 Å². The summed E-state index contributed by atoms with van der Waals surface area (Å²) >= 11 is 1.22. The van der Waals surface area contributed by atoms with Crippen LogP contribution in [0.1, 0.15) is 25.1 Å². The van der Waals surface area contributed by atoms with Gasteiger partial charge in [-0.3, -0.25) is 4.79 Å². The summed E-state index contributed by atoms with van der Waals surface area (Å²) in [4.78, 5) is 11.0. The van der Waals surface area contributed by atoms with Gasteiger partial charge >= 0.3 is 0 Å². The number of carbonyl (C=O) groups is 1. The first-order valence-electron chi connectivity index (χ1n) is 5.86. The Morgan fingerprint density at radius 2 is 2.21 bits per heavy atom. The van der Waals surface area contributed by atoms with Crippen molar-refractivity contribution in [2.75, 3.05) is 11.5 Å². The molecule has 1 saturated heterocycles. The lowest BCUT2D eigenvalue weighted by Crippen LogP contribution is -2.23. The Hall–Kier alpha value is -1.09. The number of hydrogen-bond donors (Lipinski definition) is 1. The quantitative estimate of drug-likeness (QED) is 0.764. The number of aromatic nitrogens is 3. The van der Waals surface area contributed by atoms with Gasteiger partial charge in [-0.1, -0.05) is 11.8 Å². The molecule has 2 atom stereocenters. The number of nitrogens with two attached hydrogens (primary N) is 1. The number of sulfone groups is 1. The van der Waals surface area contributed by atoms with Gasteiger partial charge in [0.2, 0.25) is 5.91 Å². The van der Waals surface area contributed by atoms with E-state index in [9.17, 15) is 13.2 Å². The first-order valence-corrected chi connectivity index (χ1v) is 8.56. The zero-order valence-electron chi connectivity index (χ0n) is 10.7. The van der Waals surface area contributed by atoms with Crippen LogP contribution in [0.4, 0.5) is 0 Å². The Morgan fingerprint density at radius 3 is 2.74 bits per heavy atom. The van der Waals surface area contributed by atoms with E-state index in [4.69, 9.17) is 5.73 Å². The summed E-state index contributed by atoms with van der Waals surface area (Å²) in [6.45, 7) is 1.70. The second-order valence-electron chi connectivity index (χ2n) is 4.66. The van der Waals surface area contributed by atoms with E-state index in [1.165, 1.54) is 11.8 Å². The zero-order valence-corrected chi connectivity index (χ0v) is 12.4. The fraction of sp³-hybridized carbons (Fsp3) is 0.700. The van der Waals surface area contributed by atoms with Crippen LogP contribution >= 0.6 is 11.8 Å². The van der Waals surface area contributed by atoms with E-state index in [2.05, 4.69) is 10.2 Å². The molecule has 0 spiro atoms. The van der Waals surface area contributed by atoms with Crippen molar-refractivity contribution in [1.82, 2.24) is 14.8 Å². The van der Waals surface area contributed by atoms with Gasteiger partial charge in [0.1, 0.15) is 5.82 Å². The molecule has 1 aliphatic rings. The summed E-state index contributed by atoms with van der Waals surface area (Å²) in [6, 6.07) is 0. The minimum Gasteiger partial charge on any atom is -0.369 e. The van der Waals surface area contributed by atoms with Crippen LogP contribution in [0, 0.1) is 0 Å². The monoisotopic (exact) mass is 304 g/mol. The molecule has 1 aromatic heterocycles. The maximum Gasteiger partial charge on any atom is 0.230 e. The van der Waals surface area contributed by atoms with E-state index < -0.39 is 21.0 Å². The van der Waals surface area contributed by atoms with E-state index >= 15 is 0 Å². The molecule has 1 fully saturated rings. The van der Waals surface area contributed by atoms with Crippen molar-refractivity contribution in [1.29, 1.82) is 0 Å². The van der Waals surface area contributed by atoms with Crippen molar-refractivity contribution in [3.63, 3.8) is 0 Å². The van der Waals surface area contributed by atoms with Crippen LogP contribution in [-0.2, 0) is 21.7 Å². The summed E-state index contributed by atoms with van der Waals surface area (Å²) in [7, 11) is -1.18. The molecule has 2 heterocycles. The maximum absolute atomic E-state index is 11.5. The van der Waals surface area contributed by atoms with E-state index in [0.717, 1.165) is 0 Å². The molecular formula is C10H16N4O3S2. The molecule has 1 aliphatic heterocycles. The summed E-state index contributed by atoms with van der Waals surface area (Å²) in [5, 5.41) is 8.23. The molecule has 0 bridgehead atoms. The topological polar surface area (TPSA) is 108 Å². The second-order valence-corrected chi connectivity index (χ2v) is 8.20. The average Bonchev–Trinajstić information content (AvgIpc) is 2.83. The van der Waals surface area contributed by atoms with Crippen molar-refractivity contribution >= 4 is 27.5 Å². The van der Waals surface area contributed by atoms with Gasteiger partial charge in [-0.2, -0.15) is 0 Å². The lowest BCUT2D eigenvalue weighted by atomic mass is 10.1. The number of carbonyl (C=O) groups excluding carboxylic acids is 1. The Balaban J connectivity index is 2.17. The molecule has 0 aromatic carbocycles. The minimum absolute atomic E-state index is 0.110. The summed E-state index contributed by atoms with van der Waals surface area (Å²) in [5.74, 6) is 0.443. The molecule has 9 heteroatoms. The van der Waals surface area contributed by atoms with Crippen LogP contribution in [-0.4, -0.2) is 45.8 Å². The Bertz CT molecular complexity index is 596. The molecule has 0 saturated carbocycles. The lowest BCUT2D eigenvalue weighted by Gasteiger charge is -2.09. The highest BCUT2D eigenvalue weighted by Gasteiger charge is 2.32. The standard InChI is InChI=1S/C10H16N4O3S2/c1-6(8(11)15)18-10-13-12-9(14(10)2)7-3-4-19(16,17)5-7/h6-7H,3-5H2,1-2H3,(H2,11,15)/t6-,7+/m0/s1. The number of amides is 1. The maximum atomic E-state index is 11.5. The molecule has 0 unspecified atom stereocenters. The Kier molecular flexibility index (Phi) is 3.86. The highest BCUT2D eigenvalue weighted by molar-refractivity contribution is 8.00. The summed E-state index contributed by atoms with van der Waals surface area (Å²) in [6.07, 6.45) is 0.574. The van der Waals surface area contributed by atoms with E-state index in [1.54, 1.807) is 18.5 Å². The highest BCUT2D eigenvalue weighted by Crippen LogP contribution is 2.30. The van der Waals surface area contributed by atoms with Crippen LogP contribution in [0.3, 0.4) is 0 Å².